The Balaban J connectivity index is 2.12. The fourth-order valence-electron chi connectivity index (χ4n) is 2.71. The van der Waals surface area contributed by atoms with E-state index in [1.807, 2.05) is 0 Å². The molecule has 152 valence electrons. The molecule has 0 spiro atoms. The molecule has 2 heterocycles. The zero-order valence-electron chi connectivity index (χ0n) is 16.1. The van der Waals surface area contributed by atoms with Gasteiger partial charge in [0.25, 0.3) is 5.56 Å². The molecule has 3 rings (SSSR count). The number of aryl methyl sites for hydroxylation is 1. The normalized spacial score (nSPS) is 11.7. The van der Waals surface area contributed by atoms with Crippen molar-refractivity contribution in [3.05, 3.63) is 65.2 Å². The molecule has 0 saturated carbocycles. The molecule has 0 atom stereocenters. The summed E-state index contributed by atoms with van der Waals surface area (Å²) in [5.41, 5.74) is 1.40. The quantitative estimate of drug-likeness (QED) is 0.608. The summed E-state index contributed by atoms with van der Waals surface area (Å²) in [6.07, 6.45) is 6.94. The van der Waals surface area contributed by atoms with Crippen LogP contribution < -0.4 is 5.56 Å². The number of sulfonamides is 1. The van der Waals surface area contributed by atoms with Gasteiger partial charge in [-0.2, -0.15) is 0 Å². The van der Waals surface area contributed by atoms with Gasteiger partial charge in [-0.3, -0.25) is 9.36 Å². The minimum absolute atomic E-state index is 0.00167. The largest absolute Gasteiger partial charge is 0.396 e. The molecule has 3 aromatic rings. The summed E-state index contributed by atoms with van der Waals surface area (Å²) in [6, 6.07) is 6.05. The summed E-state index contributed by atoms with van der Waals surface area (Å²) in [7, 11) is -0.655. The van der Waals surface area contributed by atoms with Gasteiger partial charge in [-0.15, -0.1) is 0 Å². The third kappa shape index (κ3) is 4.39. The molecule has 10 heteroatoms. The third-order valence-electron chi connectivity index (χ3n) is 4.27. The Kier molecular flexibility index (Phi) is 6.16. The molecular formula is C19H21N5O4S. The maximum Gasteiger partial charge on any atom is 0.281 e. The Morgan fingerprint density at radius 1 is 1.10 bits per heavy atom. The monoisotopic (exact) mass is 415 g/mol. The highest BCUT2D eigenvalue weighted by atomic mass is 32.2. The molecule has 1 N–H and O–H groups in total. The molecule has 0 aliphatic carbocycles. The Morgan fingerprint density at radius 3 is 2.34 bits per heavy atom. The predicted octanol–water partition coefficient (Wildman–Crippen LogP) is 0.865. The van der Waals surface area contributed by atoms with E-state index in [1.54, 1.807) is 18.3 Å². The van der Waals surface area contributed by atoms with Crippen molar-refractivity contribution in [1.82, 2.24) is 23.8 Å². The van der Waals surface area contributed by atoms with Crippen LogP contribution >= 0.6 is 0 Å². The summed E-state index contributed by atoms with van der Waals surface area (Å²) in [5.74, 6) is 0. The molecule has 0 aliphatic rings. The maximum absolute atomic E-state index is 13.1. The maximum atomic E-state index is 13.1. The molecule has 2 aromatic heterocycles. The van der Waals surface area contributed by atoms with Crippen LogP contribution in [0.3, 0.4) is 0 Å². The van der Waals surface area contributed by atoms with Crippen LogP contribution in [0, 0.1) is 0 Å². The Labute approximate surface area is 168 Å². The predicted molar refractivity (Wildman–Crippen MR) is 107 cm³/mol. The Bertz CT molecular complexity index is 1140. The standard InChI is InChI=1S/C19H21N5O4S/c1-23(2)29(27,28)17-7-5-16(6-8-17)24-12-15(4-3-9-25)22-18(19(24)26)14-10-20-13-21-11-14/h5-8,10-13,25H,3-4,9H2,1-2H3. The van der Waals surface area contributed by atoms with E-state index < -0.39 is 10.0 Å². The van der Waals surface area contributed by atoms with Crippen molar-refractivity contribution in [2.75, 3.05) is 20.7 Å². The van der Waals surface area contributed by atoms with E-state index in [9.17, 15) is 13.2 Å². The first-order valence-corrected chi connectivity index (χ1v) is 10.3. The summed E-state index contributed by atoms with van der Waals surface area (Å²) >= 11 is 0. The van der Waals surface area contributed by atoms with E-state index in [4.69, 9.17) is 5.11 Å². The van der Waals surface area contributed by atoms with Gasteiger partial charge in [0.05, 0.1) is 10.6 Å². The van der Waals surface area contributed by atoms with Gasteiger partial charge in [-0.05, 0) is 37.1 Å². The average molecular weight is 415 g/mol. The highest BCUT2D eigenvalue weighted by Crippen LogP contribution is 2.18. The molecule has 9 nitrogen and oxygen atoms in total. The van der Waals surface area contributed by atoms with E-state index in [-0.39, 0.29) is 22.8 Å². The number of hydrogen-bond donors (Lipinski definition) is 1. The fraction of sp³-hybridized carbons (Fsp3) is 0.263. The Morgan fingerprint density at radius 2 is 1.76 bits per heavy atom. The van der Waals surface area contributed by atoms with Crippen LogP contribution in [0.2, 0.25) is 0 Å². The average Bonchev–Trinajstić information content (AvgIpc) is 2.73. The van der Waals surface area contributed by atoms with E-state index in [0.29, 0.717) is 29.8 Å². The number of nitrogens with zero attached hydrogens (tertiary/aromatic N) is 5. The van der Waals surface area contributed by atoms with E-state index in [1.165, 1.54) is 49.5 Å². The first kappa shape index (κ1) is 20.8. The van der Waals surface area contributed by atoms with Gasteiger partial charge in [0.2, 0.25) is 10.0 Å². The minimum atomic E-state index is -3.57. The van der Waals surface area contributed by atoms with Gasteiger partial charge in [0.1, 0.15) is 12.0 Å². The fourth-order valence-corrected chi connectivity index (χ4v) is 3.62. The number of aliphatic hydroxyl groups excluding tert-OH is 1. The summed E-state index contributed by atoms with van der Waals surface area (Å²) in [5, 5.41) is 9.13. The van der Waals surface area contributed by atoms with Crippen molar-refractivity contribution in [3.8, 4) is 16.9 Å². The number of aromatic nitrogens is 4. The Hall–Kier alpha value is -2.95. The van der Waals surface area contributed by atoms with Crippen LogP contribution in [0.15, 0.2) is 58.9 Å². The molecule has 0 unspecified atom stereocenters. The molecule has 1 aromatic carbocycles. The second-order valence-corrected chi connectivity index (χ2v) is 8.64. The van der Waals surface area contributed by atoms with Crippen LogP contribution in [-0.4, -0.2) is 58.1 Å². The van der Waals surface area contributed by atoms with Crippen molar-refractivity contribution in [2.24, 2.45) is 0 Å². The lowest BCUT2D eigenvalue weighted by Gasteiger charge is -2.13. The molecule has 0 bridgehead atoms. The molecule has 29 heavy (non-hydrogen) atoms. The van der Waals surface area contributed by atoms with Crippen molar-refractivity contribution >= 4 is 10.0 Å². The van der Waals surface area contributed by atoms with Crippen molar-refractivity contribution in [3.63, 3.8) is 0 Å². The highest BCUT2D eigenvalue weighted by Gasteiger charge is 2.18. The smallest absolute Gasteiger partial charge is 0.281 e. The van der Waals surface area contributed by atoms with Gasteiger partial charge >= 0.3 is 0 Å². The van der Waals surface area contributed by atoms with Crippen LogP contribution in [-0.2, 0) is 16.4 Å². The second-order valence-electron chi connectivity index (χ2n) is 6.49. The van der Waals surface area contributed by atoms with Gasteiger partial charge in [-0.25, -0.2) is 27.7 Å². The molecule has 0 aliphatic heterocycles. The summed E-state index contributed by atoms with van der Waals surface area (Å²) < 4.78 is 27.1. The molecule has 0 saturated heterocycles. The molecule has 0 fully saturated rings. The molecular weight excluding hydrogens is 394 g/mol. The highest BCUT2D eigenvalue weighted by molar-refractivity contribution is 7.89. The zero-order valence-corrected chi connectivity index (χ0v) is 16.9. The third-order valence-corrected chi connectivity index (χ3v) is 6.10. The minimum Gasteiger partial charge on any atom is -0.396 e. The number of benzene rings is 1. The van der Waals surface area contributed by atoms with Crippen LogP contribution in [0.4, 0.5) is 0 Å². The van der Waals surface area contributed by atoms with Crippen LogP contribution in [0.5, 0.6) is 0 Å². The SMILES string of the molecule is CN(C)S(=O)(=O)c1ccc(-n2cc(CCCO)nc(-c3cncnc3)c2=O)cc1. The van der Waals surface area contributed by atoms with Gasteiger partial charge in [-0.1, -0.05) is 0 Å². The first-order chi connectivity index (χ1) is 13.8. The van der Waals surface area contributed by atoms with E-state index in [2.05, 4.69) is 15.0 Å². The first-order valence-electron chi connectivity index (χ1n) is 8.86. The number of hydrogen-bond acceptors (Lipinski definition) is 7. The van der Waals surface area contributed by atoms with Crippen LogP contribution in [0.1, 0.15) is 12.1 Å². The lowest BCUT2D eigenvalue weighted by Crippen LogP contribution is -2.24. The molecule has 0 radical (unpaired) electrons. The van der Waals surface area contributed by atoms with E-state index >= 15 is 0 Å². The second kappa shape index (κ2) is 8.60. The van der Waals surface area contributed by atoms with Crippen molar-refractivity contribution in [1.29, 1.82) is 0 Å². The summed E-state index contributed by atoms with van der Waals surface area (Å²) in [4.78, 5) is 25.5. The van der Waals surface area contributed by atoms with Gasteiger partial charge < -0.3 is 5.11 Å². The lowest BCUT2D eigenvalue weighted by atomic mass is 10.2. The zero-order chi connectivity index (χ0) is 21.0. The van der Waals surface area contributed by atoms with Gasteiger partial charge in [0, 0.05) is 50.5 Å². The summed E-state index contributed by atoms with van der Waals surface area (Å²) in [6.45, 7) is 0.00167. The van der Waals surface area contributed by atoms with E-state index in [0.717, 1.165) is 4.31 Å². The number of aliphatic hydroxyl groups is 1. The van der Waals surface area contributed by atoms with Crippen molar-refractivity contribution in [2.45, 2.75) is 17.7 Å². The number of rotatable bonds is 7. The molecule has 0 amide bonds. The van der Waals surface area contributed by atoms with Crippen LogP contribution in [0.25, 0.3) is 16.9 Å². The van der Waals surface area contributed by atoms with Crippen molar-refractivity contribution < 1.29 is 13.5 Å². The van der Waals surface area contributed by atoms with Gasteiger partial charge in [0.15, 0.2) is 0 Å². The lowest BCUT2D eigenvalue weighted by molar-refractivity contribution is 0.288. The topological polar surface area (TPSA) is 118 Å².